The van der Waals surface area contributed by atoms with E-state index in [-0.39, 0.29) is 19.1 Å². The van der Waals surface area contributed by atoms with Crippen LogP contribution in [0.1, 0.15) is 13.8 Å². The van der Waals surface area contributed by atoms with E-state index in [0.29, 0.717) is 0 Å². The molecule has 0 aliphatic heterocycles. The summed E-state index contributed by atoms with van der Waals surface area (Å²) in [6.45, 7) is 3.07. The van der Waals surface area contributed by atoms with Gasteiger partial charge in [0, 0.05) is 13.2 Å². The Bertz CT molecular complexity index is 331. The number of esters is 1. The van der Waals surface area contributed by atoms with Crippen LogP contribution in [0.15, 0.2) is 0 Å². The minimum Gasteiger partial charge on any atom is -0.479 e. The number of hydrogen-bond acceptors (Lipinski definition) is 5. The molecule has 19 heavy (non-hydrogen) atoms. The number of carboxylic acids is 1. The smallest absolute Gasteiger partial charge is 0.334 e. The lowest BCUT2D eigenvalue weighted by Gasteiger charge is -2.26. The van der Waals surface area contributed by atoms with E-state index in [1.807, 2.05) is 0 Å². The Kier molecular flexibility index (Phi) is 7.50. The van der Waals surface area contributed by atoms with E-state index in [9.17, 15) is 14.4 Å². The molecule has 0 rings (SSSR count). The van der Waals surface area contributed by atoms with E-state index in [0.717, 1.165) is 0 Å². The van der Waals surface area contributed by atoms with Gasteiger partial charge in [-0.3, -0.25) is 4.79 Å². The van der Waals surface area contributed by atoms with Gasteiger partial charge >= 0.3 is 18.0 Å². The molecule has 2 amide bonds. The van der Waals surface area contributed by atoms with Crippen molar-refractivity contribution in [3.8, 4) is 0 Å². The van der Waals surface area contributed by atoms with Gasteiger partial charge in [-0.25, -0.2) is 9.59 Å². The van der Waals surface area contributed by atoms with Crippen molar-refractivity contribution in [2.75, 3.05) is 27.3 Å². The van der Waals surface area contributed by atoms with Crippen LogP contribution in [0.3, 0.4) is 0 Å². The molecule has 0 aromatic rings. The van der Waals surface area contributed by atoms with E-state index < -0.39 is 24.1 Å². The van der Waals surface area contributed by atoms with Crippen LogP contribution < -0.4 is 5.32 Å². The lowest BCUT2D eigenvalue weighted by Crippen LogP contribution is -2.49. The molecular formula is C11H20N2O6. The van der Waals surface area contributed by atoms with E-state index in [1.54, 1.807) is 13.8 Å². The van der Waals surface area contributed by atoms with Crippen molar-refractivity contribution in [1.29, 1.82) is 0 Å². The Morgan fingerprint density at radius 2 is 1.84 bits per heavy atom. The van der Waals surface area contributed by atoms with E-state index in [1.165, 1.54) is 19.1 Å². The Balaban J connectivity index is 4.49. The molecule has 0 spiro atoms. The lowest BCUT2D eigenvalue weighted by molar-refractivity contribution is -0.148. The first kappa shape index (κ1) is 17.2. The number of rotatable bonds is 7. The first-order chi connectivity index (χ1) is 8.83. The molecule has 0 heterocycles. The molecule has 1 atom stereocenters. The minimum absolute atomic E-state index is 0.185. The molecule has 0 radical (unpaired) electrons. The maximum absolute atomic E-state index is 11.8. The molecule has 0 saturated heterocycles. The largest absolute Gasteiger partial charge is 0.479 e. The number of hydrogen-bond donors (Lipinski definition) is 2. The fraction of sp³-hybridized carbons (Fsp3) is 0.727. The van der Waals surface area contributed by atoms with E-state index in [2.05, 4.69) is 14.8 Å². The quantitative estimate of drug-likeness (QED) is 0.617. The molecule has 2 N–H and O–H groups in total. The van der Waals surface area contributed by atoms with Gasteiger partial charge in [0.2, 0.25) is 0 Å². The molecule has 0 aromatic heterocycles. The van der Waals surface area contributed by atoms with E-state index in [4.69, 9.17) is 5.11 Å². The summed E-state index contributed by atoms with van der Waals surface area (Å²) in [7, 11) is 2.46. The molecule has 0 aliphatic carbocycles. The number of methoxy groups -OCH3 is 2. The number of urea groups is 1. The summed E-state index contributed by atoms with van der Waals surface area (Å²) in [5, 5.41) is 11.2. The number of nitrogens with zero attached hydrogens (tertiary/aromatic N) is 1. The molecule has 0 aliphatic rings. The fourth-order valence-corrected chi connectivity index (χ4v) is 1.25. The first-order valence-corrected chi connectivity index (χ1v) is 5.70. The van der Waals surface area contributed by atoms with Crippen LogP contribution in [0.25, 0.3) is 0 Å². The van der Waals surface area contributed by atoms with Crippen molar-refractivity contribution >= 4 is 18.0 Å². The summed E-state index contributed by atoms with van der Waals surface area (Å²) < 4.78 is 9.17. The van der Waals surface area contributed by atoms with Crippen LogP contribution in [-0.4, -0.2) is 67.4 Å². The first-order valence-electron chi connectivity index (χ1n) is 5.70. The molecule has 0 saturated carbocycles. The zero-order valence-electron chi connectivity index (χ0n) is 11.5. The molecule has 0 fully saturated rings. The Morgan fingerprint density at radius 3 is 2.21 bits per heavy atom. The van der Waals surface area contributed by atoms with Gasteiger partial charge in [0.05, 0.1) is 13.7 Å². The highest BCUT2D eigenvalue weighted by atomic mass is 16.5. The number of ether oxygens (including phenoxy) is 2. The van der Waals surface area contributed by atoms with Gasteiger partial charge in [0.25, 0.3) is 0 Å². The monoisotopic (exact) mass is 276 g/mol. The van der Waals surface area contributed by atoms with Crippen LogP contribution in [0.4, 0.5) is 4.79 Å². The second kappa shape index (κ2) is 8.30. The second-order valence-electron chi connectivity index (χ2n) is 4.05. The minimum atomic E-state index is -1.17. The van der Waals surface area contributed by atoms with Crippen LogP contribution >= 0.6 is 0 Å². The van der Waals surface area contributed by atoms with Gasteiger partial charge in [-0.1, -0.05) is 0 Å². The number of carbonyl (C=O) groups excluding carboxylic acids is 2. The lowest BCUT2D eigenvalue weighted by atomic mass is 10.3. The van der Waals surface area contributed by atoms with Crippen molar-refractivity contribution in [2.24, 2.45) is 0 Å². The predicted octanol–water partition coefficient (Wildman–Crippen LogP) is -0.321. The van der Waals surface area contributed by atoms with Crippen molar-refractivity contribution in [2.45, 2.75) is 26.0 Å². The normalized spacial score (nSPS) is 11.8. The Hall–Kier alpha value is -1.83. The van der Waals surface area contributed by atoms with Crippen molar-refractivity contribution in [3.05, 3.63) is 0 Å². The van der Waals surface area contributed by atoms with Gasteiger partial charge in [-0.2, -0.15) is 0 Å². The van der Waals surface area contributed by atoms with E-state index >= 15 is 0 Å². The van der Waals surface area contributed by atoms with Crippen LogP contribution in [0.5, 0.6) is 0 Å². The third kappa shape index (κ3) is 6.05. The third-order valence-corrected chi connectivity index (χ3v) is 2.41. The topological polar surface area (TPSA) is 105 Å². The van der Waals surface area contributed by atoms with Gasteiger partial charge in [0.1, 0.15) is 6.54 Å². The summed E-state index contributed by atoms with van der Waals surface area (Å²) in [6, 6.07) is -0.784. The van der Waals surface area contributed by atoms with Crippen LogP contribution in [0.2, 0.25) is 0 Å². The van der Waals surface area contributed by atoms with Crippen LogP contribution in [-0.2, 0) is 19.1 Å². The Morgan fingerprint density at radius 1 is 1.26 bits per heavy atom. The number of carboxylic acid groups (broad SMARTS) is 1. The number of aliphatic carboxylic acids is 1. The highest BCUT2D eigenvalue weighted by Gasteiger charge is 2.23. The van der Waals surface area contributed by atoms with Crippen molar-refractivity contribution in [3.63, 3.8) is 0 Å². The van der Waals surface area contributed by atoms with Gasteiger partial charge in [-0.15, -0.1) is 0 Å². The average molecular weight is 276 g/mol. The highest BCUT2D eigenvalue weighted by Crippen LogP contribution is 2.00. The maximum Gasteiger partial charge on any atom is 0.334 e. The van der Waals surface area contributed by atoms with Crippen molar-refractivity contribution in [1.82, 2.24) is 10.2 Å². The maximum atomic E-state index is 11.8. The van der Waals surface area contributed by atoms with Crippen LogP contribution in [0, 0.1) is 0 Å². The summed E-state index contributed by atoms with van der Waals surface area (Å²) in [4.78, 5) is 35.0. The van der Waals surface area contributed by atoms with Gasteiger partial charge in [0.15, 0.2) is 6.10 Å². The number of nitrogens with one attached hydrogen (secondary N) is 1. The fourth-order valence-electron chi connectivity index (χ4n) is 1.25. The molecule has 1 unspecified atom stereocenters. The Labute approximate surface area is 111 Å². The number of amides is 2. The number of carbonyl (C=O) groups is 3. The van der Waals surface area contributed by atoms with Crippen molar-refractivity contribution < 1.29 is 29.0 Å². The molecule has 8 heteroatoms. The summed E-state index contributed by atoms with van der Waals surface area (Å²) in [6.07, 6.45) is -1.13. The summed E-state index contributed by atoms with van der Waals surface area (Å²) in [5.41, 5.74) is 0. The third-order valence-electron chi connectivity index (χ3n) is 2.41. The standard InChI is InChI=1S/C11H20N2O6/c1-7(2)13(6-9(14)19-4)11(17)12-5-8(18-3)10(15)16/h7-8H,5-6H2,1-4H3,(H,12,17)(H,15,16). The average Bonchev–Trinajstić information content (AvgIpc) is 2.35. The van der Waals surface area contributed by atoms with Gasteiger partial charge < -0.3 is 24.8 Å². The predicted molar refractivity (Wildman–Crippen MR) is 65.7 cm³/mol. The zero-order valence-corrected chi connectivity index (χ0v) is 11.5. The second-order valence-corrected chi connectivity index (χ2v) is 4.05. The SMILES string of the molecule is COC(=O)CN(C(=O)NCC(OC)C(=O)O)C(C)C. The molecule has 8 nitrogen and oxygen atoms in total. The molecule has 0 aromatic carbocycles. The summed E-state index contributed by atoms with van der Waals surface area (Å²) in [5.74, 6) is -1.72. The summed E-state index contributed by atoms with van der Waals surface area (Å²) >= 11 is 0. The molecule has 110 valence electrons. The highest BCUT2D eigenvalue weighted by molar-refractivity contribution is 5.81. The zero-order chi connectivity index (χ0) is 15.0. The van der Waals surface area contributed by atoms with Gasteiger partial charge in [-0.05, 0) is 13.8 Å². The molecular weight excluding hydrogens is 256 g/mol. The molecule has 0 bridgehead atoms.